The van der Waals surface area contributed by atoms with Crippen molar-refractivity contribution in [1.29, 1.82) is 5.26 Å². The van der Waals surface area contributed by atoms with Crippen LogP contribution < -0.4 is 0 Å². The molecule has 4 nitrogen and oxygen atoms in total. The topological polar surface area (TPSA) is 63.2 Å². The molecule has 1 heterocycles. The Morgan fingerprint density at radius 1 is 1.73 bits per heavy atom. The van der Waals surface area contributed by atoms with Gasteiger partial charge in [0.2, 0.25) is 0 Å². The molecule has 0 saturated carbocycles. The van der Waals surface area contributed by atoms with Crippen molar-refractivity contribution < 1.29 is 13.9 Å². The molecule has 1 rings (SSSR count). The molecule has 0 aliphatic carbocycles. The Hall–Kier alpha value is -1.54. The Morgan fingerprint density at radius 3 is 2.93 bits per heavy atom. The van der Waals surface area contributed by atoms with E-state index in [0.29, 0.717) is 10.4 Å². The van der Waals surface area contributed by atoms with Gasteiger partial charge in [0, 0.05) is 6.08 Å². The molecule has 0 amide bonds. The lowest BCUT2D eigenvalue weighted by Gasteiger charge is -1.97. The minimum absolute atomic E-state index is 0.0845. The lowest BCUT2D eigenvalue weighted by atomic mass is 10.2. The maximum atomic E-state index is 11.2. The lowest BCUT2D eigenvalue weighted by molar-refractivity contribution is -0.137. The number of furan rings is 1. The molecule has 0 aliphatic heterocycles. The zero-order valence-electron chi connectivity index (χ0n) is 7.99. The van der Waals surface area contributed by atoms with Crippen molar-refractivity contribution in [2.45, 2.75) is 6.92 Å². The largest absolute Gasteiger partial charge is 0.462 e. The molecule has 0 aliphatic rings. The highest BCUT2D eigenvalue weighted by Crippen LogP contribution is 2.16. The standard InChI is InChI=1S/C10H8BrNO3/c1-2-14-10(13)7(6-12)5-8-3-4-9(11)15-8/h3-5H,2H2,1H3. The molecule has 1 aromatic heterocycles. The molecule has 5 heteroatoms. The van der Waals surface area contributed by atoms with Gasteiger partial charge in [-0.25, -0.2) is 4.79 Å². The smallest absolute Gasteiger partial charge is 0.349 e. The summed E-state index contributed by atoms with van der Waals surface area (Å²) in [6.45, 7) is 1.91. The van der Waals surface area contributed by atoms with Crippen molar-refractivity contribution in [3.8, 4) is 6.07 Å². The molecule has 0 aromatic carbocycles. The third-order valence-electron chi connectivity index (χ3n) is 1.50. The van der Waals surface area contributed by atoms with Gasteiger partial charge in [0.25, 0.3) is 0 Å². The maximum Gasteiger partial charge on any atom is 0.349 e. The number of hydrogen-bond acceptors (Lipinski definition) is 4. The first-order chi connectivity index (χ1) is 7.17. The number of carbonyl (C=O) groups is 1. The number of halogens is 1. The van der Waals surface area contributed by atoms with Crippen LogP contribution in [0.2, 0.25) is 0 Å². The van der Waals surface area contributed by atoms with Crippen LogP contribution >= 0.6 is 15.9 Å². The third-order valence-corrected chi connectivity index (χ3v) is 1.92. The second-order valence-corrected chi connectivity index (χ2v) is 3.31. The molecule has 0 spiro atoms. The molecule has 0 saturated heterocycles. The monoisotopic (exact) mass is 269 g/mol. The summed E-state index contributed by atoms with van der Waals surface area (Å²) in [6, 6.07) is 5.07. The van der Waals surface area contributed by atoms with E-state index in [1.54, 1.807) is 25.1 Å². The number of esters is 1. The van der Waals surface area contributed by atoms with Crippen molar-refractivity contribution in [1.82, 2.24) is 0 Å². The highest BCUT2D eigenvalue weighted by Gasteiger charge is 2.10. The average Bonchev–Trinajstić information content (AvgIpc) is 2.61. The number of ether oxygens (including phenoxy) is 1. The summed E-state index contributed by atoms with van der Waals surface area (Å²) in [7, 11) is 0. The minimum Gasteiger partial charge on any atom is -0.462 e. The molecule has 0 bridgehead atoms. The molecule has 0 fully saturated rings. The molecule has 0 unspecified atom stereocenters. The quantitative estimate of drug-likeness (QED) is 0.481. The molecular formula is C10H8BrNO3. The van der Waals surface area contributed by atoms with Gasteiger partial charge in [-0.2, -0.15) is 5.26 Å². The summed E-state index contributed by atoms with van der Waals surface area (Å²) in [5.41, 5.74) is -0.0845. The highest BCUT2D eigenvalue weighted by atomic mass is 79.9. The van der Waals surface area contributed by atoms with Crippen LogP contribution in [0.1, 0.15) is 12.7 Å². The Labute approximate surface area is 95.3 Å². The van der Waals surface area contributed by atoms with Gasteiger partial charge in [-0.3, -0.25) is 0 Å². The van der Waals surface area contributed by atoms with Crippen LogP contribution in [0.4, 0.5) is 0 Å². The number of nitrogens with zero attached hydrogens (tertiary/aromatic N) is 1. The summed E-state index contributed by atoms with van der Waals surface area (Å²) in [6.07, 6.45) is 1.34. The van der Waals surface area contributed by atoms with Crippen LogP contribution in [0.25, 0.3) is 6.08 Å². The number of hydrogen-bond donors (Lipinski definition) is 0. The van der Waals surface area contributed by atoms with Crippen molar-refractivity contribution in [3.63, 3.8) is 0 Å². The Bertz CT molecular complexity index is 428. The molecule has 15 heavy (non-hydrogen) atoms. The first kappa shape index (κ1) is 11.5. The number of nitriles is 1. The first-order valence-electron chi connectivity index (χ1n) is 4.21. The van der Waals surface area contributed by atoms with E-state index in [-0.39, 0.29) is 12.2 Å². The van der Waals surface area contributed by atoms with Crippen LogP contribution in [0.3, 0.4) is 0 Å². The van der Waals surface area contributed by atoms with Gasteiger partial charge >= 0.3 is 5.97 Å². The second-order valence-electron chi connectivity index (χ2n) is 2.53. The van der Waals surface area contributed by atoms with Crippen molar-refractivity contribution in [2.75, 3.05) is 6.61 Å². The van der Waals surface area contributed by atoms with Gasteiger partial charge < -0.3 is 9.15 Å². The van der Waals surface area contributed by atoms with Crippen molar-refractivity contribution in [3.05, 3.63) is 28.1 Å². The summed E-state index contributed by atoms with van der Waals surface area (Å²) < 4.78 is 10.4. The predicted molar refractivity (Wildman–Crippen MR) is 56.6 cm³/mol. The number of carbonyl (C=O) groups excluding carboxylic acids is 1. The fourth-order valence-electron chi connectivity index (χ4n) is 0.894. The Morgan fingerprint density at radius 2 is 2.47 bits per heavy atom. The molecule has 0 N–H and O–H groups in total. The van der Waals surface area contributed by atoms with Gasteiger partial charge in [-0.15, -0.1) is 0 Å². The van der Waals surface area contributed by atoms with E-state index in [1.807, 2.05) is 0 Å². The van der Waals surface area contributed by atoms with Crippen LogP contribution in [0.15, 0.2) is 26.8 Å². The predicted octanol–water partition coefficient (Wildman–Crippen LogP) is 2.51. The molecule has 0 atom stereocenters. The van der Waals surface area contributed by atoms with E-state index >= 15 is 0 Å². The Balaban J connectivity index is 2.88. The zero-order chi connectivity index (χ0) is 11.3. The average molecular weight is 270 g/mol. The van der Waals surface area contributed by atoms with Crippen LogP contribution in [0, 0.1) is 11.3 Å². The van der Waals surface area contributed by atoms with Crippen LogP contribution in [0.5, 0.6) is 0 Å². The van der Waals surface area contributed by atoms with Crippen molar-refractivity contribution >= 4 is 28.0 Å². The van der Waals surface area contributed by atoms with E-state index in [1.165, 1.54) is 6.08 Å². The van der Waals surface area contributed by atoms with E-state index in [2.05, 4.69) is 15.9 Å². The molecule has 1 aromatic rings. The van der Waals surface area contributed by atoms with Crippen LogP contribution in [-0.4, -0.2) is 12.6 Å². The van der Waals surface area contributed by atoms with Gasteiger partial charge in [-0.05, 0) is 35.0 Å². The molecular weight excluding hydrogens is 262 g/mol. The molecule has 78 valence electrons. The normalized spacial score (nSPS) is 10.9. The van der Waals surface area contributed by atoms with Gasteiger partial charge in [0.1, 0.15) is 17.4 Å². The first-order valence-corrected chi connectivity index (χ1v) is 5.01. The number of rotatable bonds is 3. The highest BCUT2D eigenvalue weighted by molar-refractivity contribution is 9.10. The van der Waals surface area contributed by atoms with Gasteiger partial charge in [0.15, 0.2) is 4.67 Å². The van der Waals surface area contributed by atoms with Crippen LogP contribution in [-0.2, 0) is 9.53 Å². The van der Waals surface area contributed by atoms with Crippen molar-refractivity contribution in [2.24, 2.45) is 0 Å². The zero-order valence-corrected chi connectivity index (χ0v) is 9.58. The summed E-state index contributed by atoms with van der Waals surface area (Å²) in [4.78, 5) is 11.2. The fraction of sp³-hybridized carbons (Fsp3) is 0.200. The summed E-state index contributed by atoms with van der Waals surface area (Å²) >= 11 is 3.12. The maximum absolute atomic E-state index is 11.2. The van der Waals surface area contributed by atoms with E-state index in [0.717, 1.165) is 0 Å². The minimum atomic E-state index is -0.646. The van der Waals surface area contributed by atoms with Gasteiger partial charge in [-0.1, -0.05) is 0 Å². The molecule has 0 radical (unpaired) electrons. The van der Waals surface area contributed by atoms with E-state index in [9.17, 15) is 4.79 Å². The SMILES string of the molecule is CCOC(=O)C(C#N)=Cc1ccc(Br)o1. The Kier molecular flexibility index (Phi) is 4.13. The summed E-state index contributed by atoms with van der Waals surface area (Å²) in [5.74, 6) is -0.223. The van der Waals surface area contributed by atoms with Gasteiger partial charge in [0.05, 0.1) is 6.61 Å². The fourth-order valence-corrected chi connectivity index (χ4v) is 1.21. The van der Waals surface area contributed by atoms with E-state index in [4.69, 9.17) is 14.4 Å². The third kappa shape index (κ3) is 3.26. The lowest BCUT2D eigenvalue weighted by Crippen LogP contribution is -2.05. The summed E-state index contributed by atoms with van der Waals surface area (Å²) in [5, 5.41) is 8.72. The second kappa shape index (κ2) is 5.37. The van der Waals surface area contributed by atoms with E-state index < -0.39 is 5.97 Å².